The number of nitrogens with zero attached hydrogens (tertiary/aromatic N) is 3. The first kappa shape index (κ1) is 15.0. The van der Waals surface area contributed by atoms with E-state index in [4.69, 9.17) is 5.11 Å². The highest BCUT2D eigenvalue weighted by Gasteiger charge is 2.40. The molecule has 1 amide bonds. The molecule has 0 spiro atoms. The molecule has 0 aliphatic heterocycles. The smallest absolute Gasteiger partial charge is 0.358 e. The summed E-state index contributed by atoms with van der Waals surface area (Å²) in [7, 11) is 0. The van der Waals surface area contributed by atoms with E-state index in [9.17, 15) is 9.59 Å². The van der Waals surface area contributed by atoms with Gasteiger partial charge in [-0.1, -0.05) is 25.0 Å². The molecule has 7 nitrogen and oxygen atoms in total. The Hall–Kier alpha value is -1.92. The highest BCUT2D eigenvalue weighted by atomic mass is 16.4. The quantitative estimate of drug-likeness (QED) is 0.864. The Kier molecular flexibility index (Phi) is 3.88. The van der Waals surface area contributed by atoms with E-state index in [0.717, 1.165) is 38.5 Å². The minimum absolute atomic E-state index is 0.00643. The molecule has 2 atom stereocenters. The van der Waals surface area contributed by atoms with Crippen molar-refractivity contribution in [3.8, 4) is 0 Å². The Morgan fingerprint density at radius 3 is 2.77 bits per heavy atom. The molecule has 2 N–H and O–H groups in total. The van der Waals surface area contributed by atoms with E-state index in [1.165, 1.54) is 6.20 Å². The lowest BCUT2D eigenvalue weighted by Gasteiger charge is -2.32. The number of carbonyl (C=O) groups is 2. The molecule has 1 aromatic heterocycles. The number of nitrogens with one attached hydrogen (secondary N) is 1. The number of hydrogen-bond acceptors (Lipinski definition) is 4. The van der Waals surface area contributed by atoms with Crippen molar-refractivity contribution in [3.63, 3.8) is 0 Å². The molecule has 0 bridgehead atoms. The second-order valence-electron chi connectivity index (χ2n) is 6.90. The number of aromatic carboxylic acids is 1. The monoisotopic (exact) mass is 306 g/mol. The van der Waals surface area contributed by atoms with Crippen LogP contribution >= 0.6 is 0 Å². The fourth-order valence-corrected chi connectivity index (χ4v) is 3.17. The molecule has 1 aromatic rings. The molecule has 2 saturated carbocycles. The summed E-state index contributed by atoms with van der Waals surface area (Å²) in [6.45, 7) is 2.14. The van der Waals surface area contributed by atoms with E-state index in [2.05, 4.69) is 22.6 Å². The van der Waals surface area contributed by atoms with Crippen LogP contribution in [0.1, 0.15) is 68.4 Å². The van der Waals surface area contributed by atoms with Crippen LogP contribution in [0, 0.1) is 5.41 Å². The number of amides is 1. The summed E-state index contributed by atoms with van der Waals surface area (Å²) < 4.78 is 1.60. The van der Waals surface area contributed by atoms with Crippen LogP contribution in [0.25, 0.3) is 0 Å². The van der Waals surface area contributed by atoms with Crippen LogP contribution in [0.3, 0.4) is 0 Å². The van der Waals surface area contributed by atoms with Gasteiger partial charge in [-0.05, 0) is 31.1 Å². The summed E-state index contributed by atoms with van der Waals surface area (Å²) in [4.78, 5) is 23.1. The van der Waals surface area contributed by atoms with Gasteiger partial charge in [0.15, 0.2) is 5.69 Å². The molecule has 7 heteroatoms. The first-order valence-corrected chi connectivity index (χ1v) is 7.91. The molecule has 120 valence electrons. The molecule has 3 rings (SSSR count). The third-order valence-electron chi connectivity index (χ3n) is 4.84. The van der Waals surface area contributed by atoms with E-state index in [-0.39, 0.29) is 29.1 Å². The van der Waals surface area contributed by atoms with Crippen molar-refractivity contribution in [3.05, 3.63) is 11.9 Å². The summed E-state index contributed by atoms with van der Waals surface area (Å²) in [6, 6.07) is -0.00254. The third-order valence-corrected chi connectivity index (χ3v) is 4.84. The number of carboxylic acid groups (broad SMARTS) is 1. The van der Waals surface area contributed by atoms with E-state index in [0.29, 0.717) is 6.42 Å². The Balaban J connectivity index is 1.67. The van der Waals surface area contributed by atoms with Gasteiger partial charge in [-0.25, -0.2) is 9.48 Å². The molecule has 0 aromatic carbocycles. The van der Waals surface area contributed by atoms with E-state index >= 15 is 0 Å². The van der Waals surface area contributed by atoms with Crippen molar-refractivity contribution in [1.82, 2.24) is 20.3 Å². The standard InChI is InChI=1S/C15H22N4O3/c1-15(6-7-15)8-13(20)16-10-4-2-3-5-12(10)19-9-11(14(21)22)17-18-19/h9-10,12H,2-8H2,1H3,(H,16,20)(H,21,22)/t10-,12+/m1/s1. The van der Waals surface area contributed by atoms with Gasteiger partial charge < -0.3 is 10.4 Å². The number of carboxylic acids is 1. The zero-order valence-electron chi connectivity index (χ0n) is 12.8. The average molecular weight is 306 g/mol. The lowest BCUT2D eigenvalue weighted by atomic mass is 9.90. The fourth-order valence-electron chi connectivity index (χ4n) is 3.17. The van der Waals surface area contributed by atoms with Crippen molar-refractivity contribution >= 4 is 11.9 Å². The Morgan fingerprint density at radius 2 is 2.14 bits per heavy atom. The highest BCUT2D eigenvalue weighted by molar-refractivity contribution is 5.84. The van der Waals surface area contributed by atoms with E-state index in [1.54, 1.807) is 4.68 Å². The largest absolute Gasteiger partial charge is 0.476 e. The van der Waals surface area contributed by atoms with Crippen molar-refractivity contribution in [2.45, 2.75) is 64.0 Å². The van der Waals surface area contributed by atoms with Gasteiger partial charge in [0.1, 0.15) is 0 Å². The minimum Gasteiger partial charge on any atom is -0.476 e. The molecule has 0 saturated heterocycles. The number of hydrogen-bond donors (Lipinski definition) is 2. The topological polar surface area (TPSA) is 97.1 Å². The second kappa shape index (κ2) is 5.70. The summed E-state index contributed by atoms with van der Waals surface area (Å²) >= 11 is 0. The van der Waals surface area contributed by atoms with E-state index in [1.807, 2.05) is 0 Å². The minimum atomic E-state index is -1.08. The predicted octanol–water partition coefficient (Wildman–Crippen LogP) is 1.77. The Labute approximate surface area is 129 Å². The maximum Gasteiger partial charge on any atom is 0.358 e. The van der Waals surface area contributed by atoms with Crippen LogP contribution in [0.5, 0.6) is 0 Å². The number of rotatable bonds is 5. The van der Waals surface area contributed by atoms with E-state index < -0.39 is 5.97 Å². The summed E-state index contributed by atoms with van der Waals surface area (Å²) in [5.74, 6) is -0.986. The third kappa shape index (κ3) is 3.28. The molecular weight excluding hydrogens is 284 g/mol. The van der Waals surface area contributed by atoms with Crippen molar-refractivity contribution < 1.29 is 14.7 Å². The van der Waals surface area contributed by atoms with Crippen molar-refractivity contribution in [2.75, 3.05) is 0 Å². The highest BCUT2D eigenvalue weighted by Crippen LogP contribution is 2.48. The van der Waals surface area contributed by atoms with Crippen LogP contribution in [0.2, 0.25) is 0 Å². The van der Waals surface area contributed by atoms with Gasteiger partial charge in [-0.2, -0.15) is 0 Å². The second-order valence-corrected chi connectivity index (χ2v) is 6.90. The Morgan fingerprint density at radius 1 is 1.41 bits per heavy atom. The molecular formula is C15H22N4O3. The average Bonchev–Trinajstić information content (AvgIpc) is 3.01. The molecule has 2 fully saturated rings. The van der Waals surface area contributed by atoms with Crippen LogP contribution in [-0.2, 0) is 4.79 Å². The van der Waals surface area contributed by atoms with Gasteiger partial charge in [0.25, 0.3) is 0 Å². The van der Waals surface area contributed by atoms with Crippen LogP contribution in [0.4, 0.5) is 0 Å². The van der Waals surface area contributed by atoms with Gasteiger partial charge in [-0.15, -0.1) is 5.10 Å². The lowest BCUT2D eigenvalue weighted by Crippen LogP contribution is -2.43. The zero-order chi connectivity index (χ0) is 15.7. The van der Waals surface area contributed by atoms with Crippen LogP contribution in [0.15, 0.2) is 6.20 Å². The van der Waals surface area contributed by atoms with Gasteiger partial charge in [0.05, 0.1) is 18.3 Å². The normalized spacial score (nSPS) is 26.4. The van der Waals surface area contributed by atoms with Gasteiger partial charge >= 0.3 is 5.97 Å². The molecule has 0 radical (unpaired) electrons. The zero-order valence-corrected chi connectivity index (χ0v) is 12.8. The van der Waals surface area contributed by atoms with Crippen molar-refractivity contribution in [1.29, 1.82) is 0 Å². The first-order chi connectivity index (χ1) is 10.5. The van der Waals surface area contributed by atoms with Gasteiger partial charge in [-0.3, -0.25) is 4.79 Å². The fraction of sp³-hybridized carbons (Fsp3) is 0.733. The maximum atomic E-state index is 12.2. The lowest BCUT2D eigenvalue weighted by molar-refractivity contribution is -0.123. The molecule has 2 aliphatic carbocycles. The maximum absolute atomic E-state index is 12.2. The van der Waals surface area contributed by atoms with Gasteiger partial charge in [0.2, 0.25) is 5.91 Å². The molecule has 2 aliphatic rings. The number of aromatic nitrogens is 3. The number of carbonyl (C=O) groups excluding carboxylic acids is 1. The van der Waals surface area contributed by atoms with Gasteiger partial charge in [0, 0.05) is 6.42 Å². The first-order valence-electron chi connectivity index (χ1n) is 7.91. The SMILES string of the molecule is CC1(CC(=O)N[C@@H]2CCCC[C@@H]2n2cc(C(=O)O)nn2)CC1. The molecule has 22 heavy (non-hydrogen) atoms. The van der Waals surface area contributed by atoms with Crippen molar-refractivity contribution in [2.24, 2.45) is 5.41 Å². The van der Waals surface area contributed by atoms with Crippen LogP contribution in [-0.4, -0.2) is 38.0 Å². The predicted molar refractivity (Wildman–Crippen MR) is 78.4 cm³/mol. The molecule has 1 heterocycles. The van der Waals surface area contributed by atoms with Crippen LogP contribution < -0.4 is 5.32 Å². The summed E-state index contributed by atoms with van der Waals surface area (Å²) in [6.07, 6.45) is 8.18. The summed E-state index contributed by atoms with van der Waals surface area (Å²) in [5, 5.41) is 19.7. The molecule has 0 unspecified atom stereocenters. The Bertz CT molecular complexity index is 579. The summed E-state index contributed by atoms with van der Waals surface area (Å²) in [5.41, 5.74) is 0.138.